The molecule has 1 N–H and O–H groups in total. The Kier molecular flexibility index (Phi) is 4.71. The van der Waals surface area contributed by atoms with E-state index >= 15 is 0 Å². The van der Waals surface area contributed by atoms with Crippen molar-refractivity contribution >= 4 is 32.4 Å². The molecule has 150 valence electrons. The zero-order valence-electron chi connectivity index (χ0n) is 14.5. The fourth-order valence-corrected chi connectivity index (χ4v) is 5.91. The van der Waals surface area contributed by atoms with Gasteiger partial charge in [0.05, 0.1) is 16.5 Å². The van der Waals surface area contributed by atoms with Crippen molar-refractivity contribution in [3.63, 3.8) is 0 Å². The van der Waals surface area contributed by atoms with Crippen LogP contribution in [0, 0.1) is 0 Å². The van der Waals surface area contributed by atoms with Crippen molar-refractivity contribution in [2.24, 2.45) is 0 Å². The van der Waals surface area contributed by atoms with Crippen LogP contribution < -0.4 is 5.32 Å². The maximum atomic E-state index is 12.6. The minimum Gasteiger partial charge on any atom is -0.298 e. The smallest absolute Gasteiger partial charge is 0.298 e. The Bertz CT molecular complexity index is 1010. The molecule has 6 nitrogen and oxygen atoms in total. The van der Waals surface area contributed by atoms with Crippen molar-refractivity contribution in [3.05, 3.63) is 46.0 Å². The second-order valence-corrected chi connectivity index (χ2v) is 10.0. The summed E-state index contributed by atoms with van der Waals surface area (Å²) in [5.74, 6) is -0.567. The summed E-state index contributed by atoms with van der Waals surface area (Å²) >= 11 is 1.19. The number of halogens is 3. The highest BCUT2D eigenvalue weighted by Crippen LogP contribution is 2.36. The Morgan fingerprint density at radius 2 is 1.89 bits per heavy atom. The number of aromatic nitrogens is 1. The second kappa shape index (κ2) is 6.82. The Morgan fingerprint density at radius 1 is 1.21 bits per heavy atom. The van der Waals surface area contributed by atoms with Crippen LogP contribution in [0.1, 0.15) is 39.3 Å². The minimum absolute atomic E-state index is 0.0825. The van der Waals surface area contributed by atoms with Crippen LogP contribution in [0.2, 0.25) is 0 Å². The van der Waals surface area contributed by atoms with Gasteiger partial charge in [-0.3, -0.25) is 10.1 Å². The van der Waals surface area contributed by atoms with Crippen LogP contribution in [-0.4, -0.2) is 35.4 Å². The molecule has 2 aromatic rings. The summed E-state index contributed by atoms with van der Waals surface area (Å²) in [6, 6.07) is 3.91. The van der Waals surface area contributed by atoms with Crippen LogP contribution in [0.4, 0.5) is 18.3 Å². The summed E-state index contributed by atoms with van der Waals surface area (Å²) in [5.41, 5.74) is -0.000183. The zero-order valence-corrected chi connectivity index (χ0v) is 16.1. The lowest BCUT2D eigenvalue weighted by molar-refractivity contribution is -0.137. The first-order valence-electron chi connectivity index (χ1n) is 8.61. The van der Waals surface area contributed by atoms with Crippen molar-refractivity contribution in [1.82, 2.24) is 9.29 Å². The summed E-state index contributed by atoms with van der Waals surface area (Å²) in [5, 5.41) is 2.61. The van der Waals surface area contributed by atoms with Crippen LogP contribution in [-0.2, 0) is 29.2 Å². The highest BCUT2D eigenvalue weighted by Gasteiger charge is 2.41. The van der Waals surface area contributed by atoms with Gasteiger partial charge in [-0.05, 0) is 37.1 Å². The molecular formula is C17H16F3N3O3S2. The molecule has 0 unspecified atom stereocenters. The third-order valence-corrected chi connectivity index (χ3v) is 8.04. The monoisotopic (exact) mass is 431 g/mol. The molecule has 11 heteroatoms. The lowest BCUT2D eigenvalue weighted by atomic mass is 10.1. The number of carbonyl (C=O) groups excluding carboxylic acids is 1. The Morgan fingerprint density at radius 3 is 2.50 bits per heavy atom. The van der Waals surface area contributed by atoms with E-state index in [-0.39, 0.29) is 17.4 Å². The van der Waals surface area contributed by atoms with Crippen LogP contribution in [0.25, 0.3) is 0 Å². The van der Waals surface area contributed by atoms with Crippen molar-refractivity contribution in [3.8, 4) is 0 Å². The Balaban J connectivity index is 1.45. The second-order valence-electron chi connectivity index (χ2n) is 6.75. The van der Waals surface area contributed by atoms with E-state index in [2.05, 4.69) is 10.3 Å². The molecule has 4 rings (SSSR count). The molecule has 1 aliphatic carbocycles. The van der Waals surface area contributed by atoms with Gasteiger partial charge in [-0.1, -0.05) is 0 Å². The molecule has 0 bridgehead atoms. The van der Waals surface area contributed by atoms with E-state index < -0.39 is 27.7 Å². The predicted molar refractivity (Wildman–Crippen MR) is 97.6 cm³/mol. The molecule has 1 aliphatic heterocycles. The van der Waals surface area contributed by atoms with Crippen molar-refractivity contribution < 1.29 is 26.4 Å². The van der Waals surface area contributed by atoms with Crippen molar-refractivity contribution in [2.75, 3.05) is 11.9 Å². The summed E-state index contributed by atoms with van der Waals surface area (Å²) < 4.78 is 64.1. The lowest BCUT2D eigenvalue weighted by Crippen LogP contribution is -2.37. The average Bonchev–Trinajstić information content (AvgIpc) is 3.42. The van der Waals surface area contributed by atoms with E-state index in [1.165, 1.54) is 15.6 Å². The van der Waals surface area contributed by atoms with Gasteiger partial charge in [0.15, 0.2) is 5.13 Å². The SMILES string of the molecule is O=C(Nc1nc2c(s1)CN(S(=O)(=O)C1CC1)CC2)c1ccc(C(F)(F)F)cc1. The van der Waals surface area contributed by atoms with Gasteiger partial charge >= 0.3 is 6.18 Å². The standard InChI is InChI=1S/C17H16F3N3O3S2/c18-17(19,20)11-3-1-10(2-4-11)15(24)22-16-21-13-7-8-23(9-14(13)27-16)28(25,26)12-5-6-12/h1-4,12H,5-9H2,(H,21,22,24). The number of alkyl halides is 3. The van der Waals surface area contributed by atoms with E-state index in [9.17, 15) is 26.4 Å². The highest BCUT2D eigenvalue weighted by molar-refractivity contribution is 7.90. The van der Waals surface area contributed by atoms with Crippen LogP contribution >= 0.6 is 11.3 Å². The number of fused-ring (bicyclic) bond motifs is 1. The lowest BCUT2D eigenvalue weighted by Gasteiger charge is -2.25. The van der Waals surface area contributed by atoms with Gasteiger partial charge in [-0.15, -0.1) is 11.3 Å². The number of rotatable bonds is 4. The molecule has 0 radical (unpaired) electrons. The molecule has 2 heterocycles. The maximum absolute atomic E-state index is 12.6. The largest absolute Gasteiger partial charge is 0.416 e. The fraction of sp³-hybridized carbons (Fsp3) is 0.412. The number of hydrogen-bond donors (Lipinski definition) is 1. The van der Waals surface area contributed by atoms with Gasteiger partial charge < -0.3 is 0 Å². The van der Waals surface area contributed by atoms with Crippen LogP contribution in [0.3, 0.4) is 0 Å². The first-order valence-corrected chi connectivity index (χ1v) is 10.9. The first kappa shape index (κ1) is 19.3. The molecule has 0 atom stereocenters. The quantitative estimate of drug-likeness (QED) is 0.806. The predicted octanol–water partition coefficient (Wildman–Crippen LogP) is 3.26. The molecule has 1 amide bonds. The van der Waals surface area contributed by atoms with Gasteiger partial charge in [0.1, 0.15) is 0 Å². The number of anilines is 1. The van der Waals surface area contributed by atoms with Gasteiger partial charge in [-0.2, -0.15) is 17.5 Å². The average molecular weight is 431 g/mol. The molecule has 28 heavy (non-hydrogen) atoms. The summed E-state index contributed by atoms with van der Waals surface area (Å²) in [4.78, 5) is 17.4. The van der Waals surface area contributed by atoms with Gasteiger partial charge in [0.25, 0.3) is 5.91 Å². The number of nitrogens with one attached hydrogen (secondary N) is 1. The summed E-state index contributed by atoms with van der Waals surface area (Å²) in [6.07, 6.45) is -2.60. The van der Waals surface area contributed by atoms with Gasteiger partial charge in [-0.25, -0.2) is 13.4 Å². The summed E-state index contributed by atoms with van der Waals surface area (Å²) in [6.45, 7) is 0.601. The Hall–Kier alpha value is -1.98. The molecule has 0 saturated heterocycles. The zero-order chi connectivity index (χ0) is 20.1. The molecule has 1 saturated carbocycles. The summed E-state index contributed by atoms with van der Waals surface area (Å²) in [7, 11) is -3.27. The van der Waals surface area contributed by atoms with Gasteiger partial charge in [0, 0.05) is 30.0 Å². The molecule has 0 spiro atoms. The highest BCUT2D eigenvalue weighted by atomic mass is 32.2. The molecular weight excluding hydrogens is 415 g/mol. The normalized spacial score (nSPS) is 18.0. The van der Waals surface area contributed by atoms with E-state index in [1.807, 2.05) is 0 Å². The number of sulfonamides is 1. The number of hydrogen-bond acceptors (Lipinski definition) is 5. The first-order chi connectivity index (χ1) is 13.1. The number of benzene rings is 1. The molecule has 1 aromatic heterocycles. The van der Waals surface area contributed by atoms with Crippen molar-refractivity contribution in [2.45, 2.75) is 37.2 Å². The Labute approximate surface area is 163 Å². The van der Waals surface area contributed by atoms with E-state index in [1.54, 1.807) is 0 Å². The third-order valence-electron chi connectivity index (χ3n) is 4.70. The van der Waals surface area contributed by atoms with E-state index in [0.29, 0.717) is 30.9 Å². The van der Waals surface area contributed by atoms with E-state index in [0.717, 1.165) is 34.8 Å². The number of nitrogens with zero attached hydrogens (tertiary/aromatic N) is 2. The number of thiazole rings is 1. The van der Waals surface area contributed by atoms with Gasteiger partial charge in [0.2, 0.25) is 10.0 Å². The van der Waals surface area contributed by atoms with Crippen LogP contribution in [0.15, 0.2) is 24.3 Å². The minimum atomic E-state index is -4.46. The van der Waals surface area contributed by atoms with E-state index in [4.69, 9.17) is 0 Å². The molecule has 2 aliphatic rings. The molecule has 1 fully saturated rings. The third kappa shape index (κ3) is 3.78. The van der Waals surface area contributed by atoms with Crippen LogP contribution in [0.5, 0.6) is 0 Å². The number of amides is 1. The van der Waals surface area contributed by atoms with Crippen molar-refractivity contribution in [1.29, 1.82) is 0 Å². The topological polar surface area (TPSA) is 79.4 Å². The molecule has 1 aromatic carbocycles. The fourth-order valence-electron chi connectivity index (χ4n) is 3.00. The maximum Gasteiger partial charge on any atom is 0.416 e. The number of carbonyl (C=O) groups is 1.